The summed E-state index contributed by atoms with van der Waals surface area (Å²) in [7, 11) is 0. The zero-order chi connectivity index (χ0) is 23.4. The first-order valence-electron chi connectivity index (χ1n) is 10.6. The predicted octanol–water partition coefficient (Wildman–Crippen LogP) is 6.23. The predicted molar refractivity (Wildman–Crippen MR) is 128 cm³/mol. The van der Waals surface area contributed by atoms with E-state index in [-0.39, 0.29) is 24.2 Å². The van der Waals surface area contributed by atoms with E-state index < -0.39 is 11.9 Å². The maximum absolute atomic E-state index is 12.5. The van der Waals surface area contributed by atoms with Gasteiger partial charge in [0.2, 0.25) is 0 Å². The lowest BCUT2D eigenvalue weighted by atomic mass is 9.77. The largest absolute Gasteiger partial charge is 0.481 e. The molecule has 1 fully saturated rings. The molecule has 172 valence electrons. The fourth-order valence-corrected chi connectivity index (χ4v) is 4.76. The molecule has 8 nitrogen and oxygen atoms in total. The van der Waals surface area contributed by atoms with Crippen LogP contribution in [0, 0.1) is 5.92 Å². The van der Waals surface area contributed by atoms with Gasteiger partial charge < -0.3 is 20.2 Å². The van der Waals surface area contributed by atoms with Crippen LogP contribution in [-0.4, -0.2) is 27.2 Å². The topological polar surface area (TPSA) is 117 Å². The first-order valence-corrected chi connectivity index (χ1v) is 11.7. The van der Waals surface area contributed by atoms with Crippen LogP contribution in [0.5, 0.6) is 0 Å². The molecule has 0 saturated heterocycles. The Morgan fingerprint density at radius 1 is 1.09 bits per heavy atom. The Kier molecular flexibility index (Phi) is 7.29. The van der Waals surface area contributed by atoms with E-state index in [1.54, 1.807) is 12.1 Å². The number of aliphatic carboxylic acids is 1. The zero-order valence-corrected chi connectivity index (χ0v) is 19.9. The second kappa shape index (κ2) is 10.4. The average Bonchev–Trinajstić information content (AvgIpc) is 3.25. The van der Waals surface area contributed by atoms with Crippen molar-refractivity contribution in [1.82, 2.24) is 10.2 Å². The monoisotopic (exact) mass is 532 g/mol. The number of hydrogen-bond acceptors (Lipinski definition) is 6. The van der Waals surface area contributed by atoms with Crippen LogP contribution < -0.4 is 10.6 Å². The molecule has 0 radical (unpaired) electrons. The van der Waals surface area contributed by atoms with E-state index in [1.807, 2.05) is 30.3 Å². The van der Waals surface area contributed by atoms with Gasteiger partial charge in [0, 0.05) is 16.6 Å². The quantitative estimate of drug-likeness (QED) is 0.329. The number of halogens is 2. The molecule has 1 saturated carbocycles. The third kappa shape index (κ3) is 6.11. The van der Waals surface area contributed by atoms with Crippen LogP contribution in [0.25, 0.3) is 0 Å². The molecule has 0 aliphatic heterocycles. The summed E-state index contributed by atoms with van der Waals surface area (Å²) >= 11 is 9.50. The van der Waals surface area contributed by atoms with Gasteiger partial charge in [0.1, 0.15) is 0 Å². The number of benzene rings is 2. The molecule has 33 heavy (non-hydrogen) atoms. The Morgan fingerprint density at radius 3 is 2.48 bits per heavy atom. The van der Waals surface area contributed by atoms with Crippen LogP contribution in [0.3, 0.4) is 0 Å². The van der Waals surface area contributed by atoms with Crippen LogP contribution in [0.4, 0.5) is 17.4 Å². The first-order chi connectivity index (χ1) is 15.9. The van der Waals surface area contributed by atoms with Crippen LogP contribution in [0.2, 0.25) is 5.02 Å². The van der Waals surface area contributed by atoms with Crippen molar-refractivity contribution in [3.8, 4) is 0 Å². The molecule has 0 atom stereocenters. The van der Waals surface area contributed by atoms with E-state index in [9.17, 15) is 9.59 Å². The fraction of sp³-hybridized carbons (Fsp3) is 0.304. The van der Waals surface area contributed by atoms with Crippen molar-refractivity contribution in [3.63, 3.8) is 0 Å². The lowest BCUT2D eigenvalue weighted by molar-refractivity contribution is -0.138. The number of carboxylic acids is 1. The van der Waals surface area contributed by atoms with Crippen LogP contribution in [0.1, 0.15) is 54.3 Å². The van der Waals surface area contributed by atoms with Gasteiger partial charge in [-0.2, -0.15) is 0 Å². The molecule has 1 aliphatic rings. The van der Waals surface area contributed by atoms with E-state index in [0.29, 0.717) is 22.3 Å². The van der Waals surface area contributed by atoms with Crippen molar-refractivity contribution in [3.05, 3.63) is 63.4 Å². The molecule has 0 bridgehead atoms. The van der Waals surface area contributed by atoms with Gasteiger partial charge in [-0.25, -0.2) is 0 Å². The third-order valence-corrected chi connectivity index (χ3v) is 6.55. The summed E-state index contributed by atoms with van der Waals surface area (Å²) in [6.07, 6.45) is 4.05. The molecule has 3 N–H and O–H groups in total. The highest BCUT2D eigenvalue weighted by Crippen LogP contribution is 2.37. The number of carbonyl (C=O) groups excluding carboxylic acids is 1. The molecule has 1 heterocycles. The van der Waals surface area contributed by atoms with E-state index in [1.165, 1.54) is 5.56 Å². The Morgan fingerprint density at radius 2 is 1.82 bits per heavy atom. The molecule has 4 rings (SSSR count). The molecule has 3 aromatic rings. The molecule has 1 aliphatic carbocycles. The second-order valence-electron chi connectivity index (χ2n) is 8.05. The standard InChI is InChI=1S/C23H22BrClN4O4/c24-16-7-10-19(18(25)12-16)27-23-29-28-22(33-23)21(32)26-17-8-5-15(6-9-17)14-3-1-13(2-4-14)11-20(30)31/h5-10,12-14H,1-4,11H2,(H,26,32)(H,27,29)(H,30,31). The lowest BCUT2D eigenvalue weighted by Crippen LogP contribution is -2.16. The number of amides is 1. The van der Waals surface area contributed by atoms with E-state index >= 15 is 0 Å². The lowest BCUT2D eigenvalue weighted by Gasteiger charge is -2.28. The normalized spacial score (nSPS) is 18.0. The van der Waals surface area contributed by atoms with Crippen molar-refractivity contribution < 1.29 is 19.1 Å². The number of nitrogens with zero attached hydrogens (tertiary/aromatic N) is 2. The minimum Gasteiger partial charge on any atom is -0.481 e. The fourth-order valence-electron chi connectivity index (χ4n) is 4.04. The van der Waals surface area contributed by atoms with Gasteiger partial charge in [-0.3, -0.25) is 9.59 Å². The summed E-state index contributed by atoms with van der Waals surface area (Å²) in [4.78, 5) is 23.4. The maximum Gasteiger partial charge on any atom is 0.320 e. The molecule has 10 heteroatoms. The Balaban J connectivity index is 1.32. The zero-order valence-electron chi connectivity index (χ0n) is 17.6. The van der Waals surface area contributed by atoms with Crippen molar-refractivity contribution in [2.45, 2.75) is 38.0 Å². The smallest absolute Gasteiger partial charge is 0.320 e. The van der Waals surface area contributed by atoms with Crippen molar-refractivity contribution in [2.24, 2.45) is 5.92 Å². The average molecular weight is 534 g/mol. The number of rotatable bonds is 7. The summed E-state index contributed by atoms with van der Waals surface area (Å²) in [5.74, 6) is -0.730. The minimum absolute atomic E-state index is 0.0539. The van der Waals surface area contributed by atoms with Gasteiger partial charge in [-0.05, 0) is 73.4 Å². The number of hydrogen-bond donors (Lipinski definition) is 3. The summed E-state index contributed by atoms with van der Waals surface area (Å²) in [5.41, 5.74) is 2.38. The number of anilines is 3. The van der Waals surface area contributed by atoms with Gasteiger partial charge in [-0.1, -0.05) is 44.8 Å². The van der Waals surface area contributed by atoms with Gasteiger partial charge in [0.05, 0.1) is 10.7 Å². The van der Waals surface area contributed by atoms with E-state index in [0.717, 1.165) is 30.2 Å². The Bertz CT molecular complexity index is 1140. The molecule has 2 aromatic carbocycles. The van der Waals surface area contributed by atoms with Gasteiger partial charge in [0.25, 0.3) is 0 Å². The van der Waals surface area contributed by atoms with Crippen LogP contribution in [0.15, 0.2) is 51.4 Å². The van der Waals surface area contributed by atoms with Gasteiger partial charge in [0.15, 0.2) is 0 Å². The Labute approximate surface area is 203 Å². The summed E-state index contributed by atoms with van der Waals surface area (Å²) < 4.78 is 6.24. The minimum atomic E-state index is -0.722. The molecule has 1 amide bonds. The SMILES string of the molecule is O=C(O)CC1CCC(c2ccc(NC(=O)c3nnc(Nc4ccc(Br)cc4Cl)o3)cc2)CC1. The highest BCUT2D eigenvalue weighted by molar-refractivity contribution is 9.10. The molecule has 1 aromatic heterocycles. The molecule has 0 unspecified atom stereocenters. The van der Waals surface area contributed by atoms with Gasteiger partial charge in [-0.15, -0.1) is 5.10 Å². The number of nitrogens with one attached hydrogen (secondary N) is 2. The van der Waals surface area contributed by atoms with Crippen molar-refractivity contribution >= 4 is 56.8 Å². The number of aromatic nitrogens is 2. The molecular weight excluding hydrogens is 512 g/mol. The summed E-state index contributed by atoms with van der Waals surface area (Å²) in [6.45, 7) is 0. The number of carboxylic acid groups (broad SMARTS) is 1. The Hall–Kier alpha value is -2.91. The third-order valence-electron chi connectivity index (χ3n) is 5.74. The van der Waals surface area contributed by atoms with Crippen molar-refractivity contribution in [2.75, 3.05) is 10.6 Å². The summed E-state index contributed by atoms with van der Waals surface area (Å²) in [5, 5.41) is 22.7. The van der Waals surface area contributed by atoms with Crippen molar-refractivity contribution in [1.29, 1.82) is 0 Å². The van der Waals surface area contributed by atoms with E-state index in [2.05, 4.69) is 36.8 Å². The van der Waals surface area contributed by atoms with Crippen LogP contribution >= 0.6 is 27.5 Å². The van der Waals surface area contributed by atoms with Gasteiger partial charge >= 0.3 is 23.8 Å². The highest BCUT2D eigenvalue weighted by atomic mass is 79.9. The highest BCUT2D eigenvalue weighted by Gasteiger charge is 2.24. The number of carbonyl (C=O) groups is 2. The first kappa shape index (κ1) is 23.3. The second-order valence-corrected chi connectivity index (χ2v) is 9.38. The summed E-state index contributed by atoms with van der Waals surface area (Å²) in [6, 6.07) is 13.0. The van der Waals surface area contributed by atoms with E-state index in [4.69, 9.17) is 21.1 Å². The molecule has 0 spiro atoms. The maximum atomic E-state index is 12.5. The molecular formula is C23H22BrClN4O4. The van der Waals surface area contributed by atoms with Crippen LogP contribution in [-0.2, 0) is 4.79 Å².